The lowest BCUT2D eigenvalue weighted by Crippen LogP contribution is -2.61. The second kappa shape index (κ2) is 7.20. The maximum absolute atomic E-state index is 10.3. The summed E-state index contributed by atoms with van der Waals surface area (Å²) < 4.78 is 17.4. The lowest BCUT2D eigenvalue weighted by molar-refractivity contribution is -0.354. The van der Waals surface area contributed by atoms with Crippen LogP contribution in [0.15, 0.2) is 0 Å². The Morgan fingerprint density at radius 2 is 1.70 bits per heavy atom. The van der Waals surface area contributed by atoms with E-state index < -0.39 is 43.1 Å². The number of aliphatic hydroxyl groups is 4. The fourth-order valence-electron chi connectivity index (χ4n) is 3.72. The van der Waals surface area contributed by atoms with Crippen molar-refractivity contribution in [1.82, 2.24) is 0 Å². The zero-order valence-electron chi connectivity index (χ0n) is 16.0. The van der Waals surface area contributed by atoms with Crippen molar-refractivity contribution in [2.24, 2.45) is 0 Å². The smallest absolute Gasteiger partial charge is 0.210 e. The van der Waals surface area contributed by atoms with Gasteiger partial charge in [-0.15, -0.1) is 0 Å². The number of fused-ring (bicyclic) bond motifs is 1. The van der Waals surface area contributed by atoms with Crippen molar-refractivity contribution in [2.45, 2.75) is 77.0 Å². The summed E-state index contributed by atoms with van der Waals surface area (Å²) in [6.07, 6.45) is -5.75. The monoisotopic (exact) mass is 384 g/mol. The highest BCUT2D eigenvalue weighted by molar-refractivity contribution is 5.58. The third-order valence-electron chi connectivity index (χ3n) is 5.70. The molecule has 1 unspecified atom stereocenters. The molecule has 1 aromatic rings. The van der Waals surface area contributed by atoms with Crippen molar-refractivity contribution in [3.63, 3.8) is 0 Å². The predicted octanol–water partition coefficient (Wildman–Crippen LogP) is 0.175. The van der Waals surface area contributed by atoms with Gasteiger partial charge >= 0.3 is 0 Å². The Morgan fingerprint density at radius 1 is 1.04 bits per heavy atom. The van der Waals surface area contributed by atoms with Gasteiger partial charge in [0.2, 0.25) is 5.79 Å². The molecule has 6 atom stereocenters. The van der Waals surface area contributed by atoms with Crippen molar-refractivity contribution in [3.8, 4) is 11.5 Å². The molecule has 2 aliphatic rings. The first-order chi connectivity index (χ1) is 12.6. The molecule has 3 rings (SSSR count). The summed E-state index contributed by atoms with van der Waals surface area (Å²) in [5.41, 5.74) is 3.20. The Balaban J connectivity index is 1.85. The average molecular weight is 384 g/mol. The summed E-state index contributed by atoms with van der Waals surface area (Å²) in [5.74, 6) is -0.268. The van der Waals surface area contributed by atoms with Crippen LogP contribution in [0.5, 0.6) is 11.5 Å². The molecule has 27 heavy (non-hydrogen) atoms. The van der Waals surface area contributed by atoms with Gasteiger partial charge in [0.25, 0.3) is 0 Å². The summed E-state index contributed by atoms with van der Waals surface area (Å²) in [6, 6.07) is 0. The Hall–Kier alpha value is -1.42. The van der Waals surface area contributed by atoms with Gasteiger partial charge < -0.3 is 39.7 Å². The van der Waals surface area contributed by atoms with Gasteiger partial charge in [0, 0.05) is 18.9 Å². The maximum atomic E-state index is 10.3. The van der Waals surface area contributed by atoms with Crippen LogP contribution in [0.1, 0.15) is 35.6 Å². The van der Waals surface area contributed by atoms with Gasteiger partial charge in [-0.05, 0) is 43.9 Å². The quantitative estimate of drug-likeness (QED) is 0.499. The number of phenolic OH excluding ortho intramolecular Hbond substituents is 1. The zero-order chi connectivity index (χ0) is 20.1. The predicted molar refractivity (Wildman–Crippen MR) is 94.5 cm³/mol. The summed E-state index contributed by atoms with van der Waals surface area (Å²) in [6.45, 7) is 6.68. The van der Waals surface area contributed by atoms with E-state index in [4.69, 9.17) is 14.2 Å². The zero-order valence-corrected chi connectivity index (χ0v) is 16.0. The van der Waals surface area contributed by atoms with Gasteiger partial charge in [-0.3, -0.25) is 0 Å². The van der Waals surface area contributed by atoms with Crippen LogP contribution in [0.2, 0.25) is 0 Å². The van der Waals surface area contributed by atoms with E-state index in [9.17, 15) is 25.5 Å². The van der Waals surface area contributed by atoms with E-state index in [2.05, 4.69) is 0 Å². The number of rotatable bonds is 3. The molecule has 2 heterocycles. The number of aromatic hydroxyl groups is 1. The minimum absolute atomic E-state index is 0.258. The molecular weight excluding hydrogens is 356 g/mol. The van der Waals surface area contributed by atoms with Crippen LogP contribution in [0.3, 0.4) is 0 Å². The highest BCUT2D eigenvalue weighted by atomic mass is 16.8. The Labute approximate surface area is 157 Å². The van der Waals surface area contributed by atoms with E-state index in [1.165, 1.54) is 0 Å². The third-order valence-corrected chi connectivity index (χ3v) is 5.70. The van der Waals surface area contributed by atoms with Crippen LogP contribution in [-0.2, 0) is 15.9 Å². The minimum atomic E-state index is -1.51. The van der Waals surface area contributed by atoms with Gasteiger partial charge in [-0.2, -0.15) is 0 Å². The molecule has 1 fully saturated rings. The number of aliphatic hydroxyl groups excluding tert-OH is 4. The normalized spacial score (nSPS) is 36.2. The summed E-state index contributed by atoms with van der Waals surface area (Å²) in [4.78, 5) is 0. The summed E-state index contributed by atoms with van der Waals surface area (Å²) in [5, 5.41) is 49.6. The van der Waals surface area contributed by atoms with Gasteiger partial charge in [0.05, 0.1) is 6.61 Å². The van der Waals surface area contributed by atoms with Crippen LogP contribution in [-0.4, -0.2) is 68.6 Å². The highest BCUT2D eigenvalue weighted by Crippen LogP contribution is 2.44. The van der Waals surface area contributed by atoms with E-state index in [0.717, 1.165) is 22.3 Å². The fourth-order valence-corrected chi connectivity index (χ4v) is 3.72. The van der Waals surface area contributed by atoms with Gasteiger partial charge in [0.1, 0.15) is 35.9 Å². The number of ether oxygens (including phenoxy) is 3. The lowest BCUT2D eigenvalue weighted by Gasteiger charge is -2.44. The fraction of sp³-hybridized carbons (Fsp3) is 0.684. The molecule has 5 N–H and O–H groups in total. The standard InChI is InChI=1S/C19H28O8/c1-8-9(2)17-11(10(3)13(8)21)5-6-19(4,26-17)27-18-16(24)15(23)14(22)12(7-20)25-18/h12,14-16,18,20-24H,5-7H2,1-4H3/t12-,14+,15+,16-,18+,19?/m0/s1. The van der Waals surface area contributed by atoms with Gasteiger partial charge in [0.15, 0.2) is 6.29 Å². The van der Waals surface area contributed by atoms with E-state index in [-0.39, 0.29) is 5.75 Å². The topological polar surface area (TPSA) is 129 Å². The van der Waals surface area contributed by atoms with E-state index in [1.54, 1.807) is 6.92 Å². The molecular formula is C19H28O8. The molecule has 8 nitrogen and oxygen atoms in total. The first kappa shape index (κ1) is 20.3. The summed E-state index contributed by atoms with van der Waals surface area (Å²) >= 11 is 0. The van der Waals surface area contributed by atoms with Crippen LogP contribution in [0, 0.1) is 20.8 Å². The van der Waals surface area contributed by atoms with Gasteiger partial charge in [-0.1, -0.05) is 0 Å². The van der Waals surface area contributed by atoms with E-state index in [0.29, 0.717) is 18.6 Å². The first-order valence-electron chi connectivity index (χ1n) is 9.08. The molecule has 0 bridgehead atoms. The number of benzene rings is 1. The molecule has 2 aliphatic heterocycles. The van der Waals surface area contributed by atoms with Crippen LogP contribution >= 0.6 is 0 Å². The van der Waals surface area contributed by atoms with Crippen LogP contribution in [0.4, 0.5) is 0 Å². The van der Waals surface area contributed by atoms with Crippen LogP contribution in [0.25, 0.3) is 0 Å². The molecule has 1 aromatic carbocycles. The van der Waals surface area contributed by atoms with Crippen LogP contribution < -0.4 is 4.74 Å². The number of hydrogen-bond acceptors (Lipinski definition) is 8. The number of hydrogen-bond donors (Lipinski definition) is 5. The van der Waals surface area contributed by atoms with Crippen molar-refractivity contribution in [1.29, 1.82) is 0 Å². The lowest BCUT2D eigenvalue weighted by atomic mass is 9.91. The molecule has 0 aliphatic carbocycles. The van der Waals surface area contributed by atoms with Crippen molar-refractivity contribution < 1.29 is 39.7 Å². The molecule has 0 amide bonds. The van der Waals surface area contributed by atoms with E-state index in [1.807, 2.05) is 20.8 Å². The minimum Gasteiger partial charge on any atom is -0.507 e. The Morgan fingerprint density at radius 3 is 2.33 bits per heavy atom. The molecule has 1 saturated heterocycles. The molecule has 8 heteroatoms. The average Bonchev–Trinajstić information content (AvgIpc) is 2.65. The Kier molecular flexibility index (Phi) is 5.42. The molecule has 152 valence electrons. The molecule has 0 saturated carbocycles. The third kappa shape index (κ3) is 3.41. The molecule has 0 radical (unpaired) electrons. The van der Waals surface area contributed by atoms with Crippen molar-refractivity contribution in [3.05, 3.63) is 22.3 Å². The number of phenols is 1. The first-order valence-corrected chi connectivity index (χ1v) is 9.08. The largest absolute Gasteiger partial charge is 0.507 e. The second-order valence-electron chi connectivity index (χ2n) is 7.58. The molecule has 0 aromatic heterocycles. The van der Waals surface area contributed by atoms with E-state index >= 15 is 0 Å². The maximum Gasteiger partial charge on any atom is 0.210 e. The highest BCUT2D eigenvalue weighted by Gasteiger charge is 2.48. The molecule has 0 spiro atoms. The van der Waals surface area contributed by atoms with Crippen molar-refractivity contribution >= 4 is 0 Å². The Bertz CT molecular complexity index is 718. The summed E-state index contributed by atoms with van der Waals surface area (Å²) in [7, 11) is 0. The second-order valence-corrected chi connectivity index (χ2v) is 7.58. The van der Waals surface area contributed by atoms with Gasteiger partial charge in [-0.25, -0.2) is 0 Å². The van der Waals surface area contributed by atoms with Crippen molar-refractivity contribution in [2.75, 3.05) is 6.61 Å². The SMILES string of the molecule is Cc1c(C)c2c(c(C)c1O)CCC(C)(O[C@H]1O[C@@H](CO)[C@@H](O)[C@@H](O)[C@@H]1O)O2.